The van der Waals surface area contributed by atoms with E-state index in [1.165, 1.54) is 12.8 Å². The fraction of sp³-hybridized carbons (Fsp3) is 1.00. The molecule has 4 saturated carbocycles. The van der Waals surface area contributed by atoms with Gasteiger partial charge in [-0.2, -0.15) is 0 Å². The van der Waals surface area contributed by atoms with E-state index in [9.17, 15) is 5.11 Å². The van der Waals surface area contributed by atoms with Crippen LogP contribution in [0.4, 0.5) is 0 Å². The Balaban J connectivity index is 0.960. The van der Waals surface area contributed by atoms with Crippen molar-refractivity contribution in [2.24, 2.45) is 22.7 Å². The molecular weight excluding hydrogens is 460 g/mol. The van der Waals surface area contributed by atoms with Crippen LogP contribution in [0.2, 0.25) is 0 Å². The number of epoxide rings is 2. The van der Waals surface area contributed by atoms with Crippen molar-refractivity contribution in [3.8, 4) is 0 Å². The zero-order valence-electron chi connectivity index (χ0n) is 22.4. The highest BCUT2D eigenvalue weighted by Crippen LogP contribution is 2.56. The van der Waals surface area contributed by atoms with E-state index in [4.69, 9.17) is 28.4 Å². The highest BCUT2D eigenvalue weighted by Gasteiger charge is 2.54. The van der Waals surface area contributed by atoms with Gasteiger partial charge in [0.25, 0.3) is 0 Å². The quantitative estimate of drug-likeness (QED) is 0.357. The molecule has 0 aromatic rings. The Morgan fingerprint density at radius 1 is 0.694 bits per heavy atom. The second-order valence-electron chi connectivity index (χ2n) is 12.9. The molecule has 0 aromatic carbocycles. The third-order valence-corrected chi connectivity index (χ3v) is 10.8. The van der Waals surface area contributed by atoms with E-state index >= 15 is 0 Å². The van der Waals surface area contributed by atoms with E-state index in [1.807, 2.05) is 0 Å². The topological polar surface area (TPSA) is 82.2 Å². The number of fused-ring (bicyclic) bond motifs is 4. The fourth-order valence-electron chi connectivity index (χ4n) is 8.29. The summed E-state index contributed by atoms with van der Waals surface area (Å²) >= 11 is 0. The lowest BCUT2D eigenvalue weighted by molar-refractivity contribution is -0.109. The van der Waals surface area contributed by atoms with Gasteiger partial charge in [-0.25, -0.2) is 0 Å². The molecule has 36 heavy (non-hydrogen) atoms. The third kappa shape index (κ3) is 5.41. The molecule has 7 heteroatoms. The number of rotatable bonds is 14. The smallest absolute Gasteiger partial charge is 0.104 e. The molecule has 11 unspecified atom stereocenters. The van der Waals surface area contributed by atoms with Crippen LogP contribution in [0.15, 0.2) is 0 Å². The van der Waals surface area contributed by atoms with E-state index in [2.05, 4.69) is 13.8 Å². The van der Waals surface area contributed by atoms with Crippen LogP contribution >= 0.6 is 0 Å². The van der Waals surface area contributed by atoms with E-state index in [1.54, 1.807) is 0 Å². The molecule has 0 spiro atoms. The molecule has 2 aliphatic heterocycles. The first-order valence-electron chi connectivity index (χ1n) is 14.9. The third-order valence-electron chi connectivity index (χ3n) is 10.8. The molecule has 0 amide bonds. The Bertz CT molecular complexity index is 741. The summed E-state index contributed by atoms with van der Waals surface area (Å²) in [6, 6.07) is 0. The molecule has 4 aliphatic carbocycles. The molecule has 2 saturated heterocycles. The van der Waals surface area contributed by atoms with E-state index in [0.717, 1.165) is 77.8 Å². The number of hydrogen-bond acceptors (Lipinski definition) is 7. The van der Waals surface area contributed by atoms with Gasteiger partial charge in [-0.15, -0.1) is 0 Å². The van der Waals surface area contributed by atoms with Crippen LogP contribution in [0, 0.1) is 22.7 Å². The van der Waals surface area contributed by atoms with Crippen molar-refractivity contribution in [2.75, 3.05) is 39.6 Å². The van der Waals surface area contributed by atoms with Gasteiger partial charge < -0.3 is 33.5 Å². The minimum Gasteiger partial charge on any atom is -0.388 e. The van der Waals surface area contributed by atoms with Crippen LogP contribution in [0.25, 0.3) is 0 Å². The van der Waals surface area contributed by atoms with Crippen molar-refractivity contribution < 1.29 is 33.5 Å². The molecule has 2 heterocycles. The second-order valence-corrected chi connectivity index (χ2v) is 12.9. The van der Waals surface area contributed by atoms with Gasteiger partial charge in [0, 0.05) is 0 Å². The van der Waals surface area contributed by atoms with Crippen LogP contribution in [-0.2, 0) is 28.4 Å². The van der Waals surface area contributed by atoms with Gasteiger partial charge in [0.05, 0.1) is 64.1 Å². The lowest BCUT2D eigenvalue weighted by Gasteiger charge is -2.40. The summed E-state index contributed by atoms with van der Waals surface area (Å²) < 4.78 is 36.1. The minimum absolute atomic E-state index is 0.190. The van der Waals surface area contributed by atoms with Gasteiger partial charge in [-0.1, -0.05) is 13.8 Å². The zero-order chi connectivity index (χ0) is 24.8. The Morgan fingerprint density at radius 2 is 1.19 bits per heavy atom. The maximum absolute atomic E-state index is 10.8. The molecule has 6 fully saturated rings. The van der Waals surface area contributed by atoms with Gasteiger partial charge in [-0.3, -0.25) is 0 Å². The first kappa shape index (κ1) is 26.0. The van der Waals surface area contributed by atoms with Gasteiger partial charge in [-0.05, 0) is 86.9 Å². The van der Waals surface area contributed by atoms with Gasteiger partial charge in [0.1, 0.15) is 18.3 Å². The van der Waals surface area contributed by atoms with Gasteiger partial charge in [0.2, 0.25) is 0 Å². The molecule has 1 N–H and O–H groups in total. The van der Waals surface area contributed by atoms with Crippen LogP contribution in [0.5, 0.6) is 0 Å². The lowest BCUT2D eigenvalue weighted by atomic mass is 9.71. The summed E-state index contributed by atoms with van der Waals surface area (Å²) in [4.78, 5) is 0. The normalized spacial score (nSPS) is 47.8. The molecule has 206 valence electrons. The number of aliphatic hydroxyl groups excluding tert-OH is 1. The number of aliphatic hydroxyl groups is 1. The van der Waals surface area contributed by atoms with Crippen molar-refractivity contribution in [3.63, 3.8) is 0 Å². The second kappa shape index (κ2) is 10.7. The maximum atomic E-state index is 10.8. The Labute approximate surface area is 216 Å². The average Bonchev–Trinajstić information content (AvgIpc) is 3.83. The largest absolute Gasteiger partial charge is 0.388 e. The molecule has 0 aromatic heterocycles. The predicted molar refractivity (Wildman–Crippen MR) is 134 cm³/mol. The monoisotopic (exact) mass is 508 g/mol. The lowest BCUT2D eigenvalue weighted by Crippen LogP contribution is -2.40. The molecule has 4 bridgehead atoms. The van der Waals surface area contributed by atoms with E-state index in [0.29, 0.717) is 49.5 Å². The zero-order valence-corrected chi connectivity index (χ0v) is 22.4. The summed E-state index contributed by atoms with van der Waals surface area (Å²) in [5, 5.41) is 10.8. The Hall–Kier alpha value is -0.280. The SMILES string of the molecule is CCC12CC(CCC1OCC(O)COC1CC3(CC)CC1CCC3OCC1CO1)C(OCC1CO1)C2. The molecule has 11 atom stereocenters. The van der Waals surface area contributed by atoms with Gasteiger partial charge >= 0.3 is 0 Å². The van der Waals surface area contributed by atoms with Crippen LogP contribution < -0.4 is 0 Å². The molecule has 6 aliphatic rings. The Kier molecular flexibility index (Phi) is 7.72. The molecule has 6 rings (SSSR count). The van der Waals surface area contributed by atoms with Crippen LogP contribution in [0.1, 0.15) is 78.1 Å². The first-order chi connectivity index (χ1) is 17.5. The summed E-state index contributed by atoms with van der Waals surface area (Å²) in [6.45, 7) is 8.51. The van der Waals surface area contributed by atoms with Crippen molar-refractivity contribution >= 4 is 0 Å². The van der Waals surface area contributed by atoms with Crippen molar-refractivity contribution in [3.05, 3.63) is 0 Å². The molecule has 0 radical (unpaired) electrons. The Morgan fingerprint density at radius 3 is 1.75 bits per heavy atom. The maximum Gasteiger partial charge on any atom is 0.104 e. The van der Waals surface area contributed by atoms with Crippen molar-refractivity contribution in [1.29, 1.82) is 0 Å². The highest BCUT2D eigenvalue weighted by atomic mass is 16.6. The fourth-order valence-corrected chi connectivity index (χ4v) is 8.29. The summed E-state index contributed by atoms with van der Waals surface area (Å²) in [7, 11) is 0. The number of hydrogen-bond donors (Lipinski definition) is 1. The summed E-state index contributed by atoms with van der Waals surface area (Å²) in [6.07, 6.45) is 12.4. The standard InChI is InChI=1S/C29H48O7/c1-3-28-10-20(25(12-28)34-17-22-15-31-22)5-7-26(28)35-14-21(30)13-33-24-11-29(4-2)9-19(24)6-8-27(29)36-18-23-16-32-23/h19-27,30H,3-18H2,1-2H3. The minimum atomic E-state index is -0.575. The van der Waals surface area contributed by atoms with Crippen LogP contribution in [0.3, 0.4) is 0 Å². The highest BCUT2D eigenvalue weighted by molar-refractivity contribution is 5.04. The van der Waals surface area contributed by atoms with Crippen LogP contribution in [-0.4, -0.2) is 87.5 Å². The summed E-state index contributed by atoms with van der Waals surface area (Å²) in [5.41, 5.74) is 0.415. The predicted octanol–water partition coefficient (Wildman–Crippen LogP) is 3.89. The van der Waals surface area contributed by atoms with E-state index < -0.39 is 6.10 Å². The number of ether oxygens (including phenoxy) is 6. The van der Waals surface area contributed by atoms with Crippen molar-refractivity contribution in [1.82, 2.24) is 0 Å². The molecule has 7 nitrogen and oxygen atoms in total. The first-order valence-corrected chi connectivity index (χ1v) is 14.9. The van der Waals surface area contributed by atoms with Gasteiger partial charge in [0.15, 0.2) is 0 Å². The summed E-state index contributed by atoms with van der Waals surface area (Å²) in [5.74, 6) is 1.24. The molecular formula is C29H48O7. The van der Waals surface area contributed by atoms with E-state index in [-0.39, 0.29) is 23.0 Å². The van der Waals surface area contributed by atoms with Crippen molar-refractivity contribution in [2.45, 2.75) is 121 Å². The average molecular weight is 509 g/mol.